The van der Waals surface area contributed by atoms with Crippen LogP contribution in [0.5, 0.6) is 11.5 Å². The van der Waals surface area contributed by atoms with Crippen molar-refractivity contribution >= 4 is 45.3 Å². The minimum Gasteiger partial charge on any atom is -0.506 e. The van der Waals surface area contributed by atoms with Crippen LogP contribution in [0, 0.1) is 0 Å². The van der Waals surface area contributed by atoms with Gasteiger partial charge in [-0.15, -0.1) is 0 Å². The van der Waals surface area contributed by atoms with Gasteiger partial charge in [0.15, 0.2) is 0 Å². The lowest BCUT2D eigenvalue weighted by molar-refractivity contribution is 0.158. The Kier molecular flexibility index (Phi) is 5.71. The second kappa shape index (κ2) is 8.33. The van der Waals surface area contributed by atoms with Crippen molar-refractivity contribution < 1.29 is 18.3 Å². The van der Waals surface area contributed by atoms with Crippen LogP contribution < -0.4 is 9.46 Å². The molecular formula is C24H21ClN2O4S. The zero-order chi connectivity index (χ0) is 22.9. The van der Waals surface area contributed by atoms with E-state index >= 15 is 0 Å². The van der Waals surface area contributed by atoms with Crippen molar-refractivity contribution in [3.05, 3.63) is 82.9 Å². The van der Waals surface area contributed by atoms with Crippen LogP contribution in [0.1, 0.15) is 25.0 Å². The summed E-state index contributed by atoms with van der Waals surface area (Å²) >= 11 is 5.82. The summed E-state index contributed by atoms with van der Waals surface area (Å²) in [6.45, 7) is 3.89. The average Bonchev–Trinajstić information content (AvgIpc) is 2.74. The van der Waals surface area contributed by atoms with Crippen LogP contribution in [-0.4, -0.2) is 25.3 Å². The first kappa shape index (κ1) is 21.9. The highest BCUT2D eigenvalue weighted by atomic mass is 35.5. The summed E-state index contributed by atoms with van der Waals surface area (Å²) < 4.78 is 33.3. The molecule has 3 aromatic carbocycles. The Hall–Kier alpha value is -3.29. The molecule has 0 atom stereocenters. The number of phenols is 1. The number of phenolic OH excluding ortho intramolecular Hbond substituents is 1. The predicted molar refractivity (Wildman–Crippen MR) is 128 cm³/mol. The third-order valence-corrected chi connectivity index (χ3v) is 6.48. The molecular weight excluding hydrogens is 448 g/mol. The molecule has 164 valence electrons. The summed E-state index contributed by atoms with van der Waals surface area (Å²) in [6.07, 6.45) is 5.28. The van der Waals surface area contributed by atoms with E-state index in [1.54, 1.807) is 42.6 Å². The number of rotatable bonds is 5. The zero-order valence-corrected chi connectivity index (χ0v) is 19.0. The molecule has 0 aromatic heterocycles. The van der Waals surface area contributed by atoms with Crippen LogP contribution in [0.3, 0.4) is 0 Å². The fraction of sp³-hybridized carbons (Fsp3) is 0.125. The van der Waals surface area contributed by atoms with Gasteiger partial charge in [-0.2, -0.15) is 0 Å². The molecule has 1 aliphatic rings. The molecule has 8 heteroatoms. The van der Waals surface area contributed by atoms with Gasteiger partial charge < -0.3 is 9.84 Å². The van der Waals surface area contributed by atoms with Crippen LogP contribution in [0.2, 0.25) is 5.02 Å². The fourth-order valence-corrected chi connectivity index (χ4v) is 4.33. The number of ether oxygens (including phenoxy) is 1. The molecule has 6 nitrogen and oxygen atoms in total. The second-order valence-electron chi connectivity index (χ2n) is 7.82. The monoisotopic (exact) mass is 468 g/mol. The number of benzene rings is 3. The molecule has 1 aliphatic heterocycles. The number of aliphatic imine (C=N–C) groups is 1. The molecule has 32 heavy (non-hydrogen) atoms. The van der Waals surface area contributed by atoms with Crippen molar-refractivity contribution in [2.45, 2.75) is 24.3 Å². The summed E-state index contributed by atoms with van der Waals surface area (Å²) in [7, 11) is -3.72. The predicted octanol–water partition coefficient (Wildman–Crippen LogP) is 5.78. The summed E-state index contributed by atoms with van der Waals surface area (Å²) in [5, 5.41) is 11.0. The summed E-state index contributed by atoms with van der Waals surface area (Å²) in [5.74, 6) is 0.704. The summed E-state index contributed by atoms with van der Waals surface area (Å²) in [5.41, 5.74) is 1.74. The number of nitrogens with zero attached hydrogens (tertiary/aromatic N) is 1. The largest absolute Gasteiger partial charge is 0.506 e. The Morgan fingerprint density at radius 1 is 1.03 bits per heavy atom. The van der Waals surface area contributed by atoms with Gasteiger partial charge in [-0.3, -0.25) is 9.71 Å². The molecule has 0 saturated carbocycles. The lowest BCUT2D eigenvalue weighted by Gasteiger charge is -2.28. The fourth-order valence-electron chi connectivity index (χ4n) is 3.15. The van der Waals surface area contributed by atoms with E-state index in [-0.39, 0.29) is 10.6 Å². The van der Waals surface area contributed by atoms with E-state index in [9.17, 15) is 13.5 Å². The molecule has 0 fully saturated rings. The third kappa shape index (κ3) is 4.79. The number of aromatic hydroxyl groups is 1. The highest BCUT2D eigenvalue weighted by Crippen LogP contribution is 2.38. The number of sulfonamides is 1. The minimum atomic E-state index is -3.72. The normalized spacial score (nSPS) is 14.7. The number of anilines is 1. The van der Waals surface area contributed by atoms with Crippen molar-refractivity contribution in [3.8, 4) is 11.5 Å². The average molecular weight is 469 g/mol. The highest BCUT2D eigenvalue weighted by molar-refractivity contribution is 7.92. The first-order chi connectivity index (χ1) is 15.1. The van der Waals surface area contributed by atoms with Crippen LogP contribution >= 0.6 is 11.6 Å². The SMILES string of the molecule is CC1(C)C=Cc2c(ccc(/C=N/c3ccc(NS(=O)(=O)c4ccc(Cl)cc4)cc3)c2O)O1. The molecule has 0 spiro atoms. The standard InChI is InChI=1S/C24H21ClN2O4S/c1-24(2)14-13-21-22(31-24)12-3-16(23(21)28)15-26-18-6-8-19(9-7-18)27-32(29,30)20-10-4-17(25)5-11-20/h3-15,27-28H,1-2H3/b26-15+. The maximum absolute atomic E-state index is 12.5. The van der Waals surface area contributed by atoms with Crippen molar-refractivity contribution in [1.29, 1.82) is 0 Å². The van der Waals surface area contributed by atoms with Crippen molar-refractivity contribution in [2.75, 3.05) is 4.72 Å². The van der Waals surface area contributed by atoms with Crippen molar-refractivity contribution in [3.63, 3.8) is 0 Å². The number of fused-ring (bicyclic) bond motifs is 1. The Bertz CT molecular complexity index is 1310. The van der Waals surface area contributed by atoms with E-state index in [1.807, 2.05) is 26.0 Å². The van der Waals surface area contributed by atoms with Gasteiger partial charge in [0, 0.05) is 22.5 Å². The van der Waals surface area contributed by atoms with Crippen LogP contribution in [-0.2, 0) is 10.0 Å². The highest BCUT2D eigenvalue weighted by Gasteiger charge is 2.24. The summed E-state index contributed by atoms with van der Waals surface area (Å²) in [4.78, 5) is 4.50. The smallest absolute Gasteiger partial charge is 0.261 e. The molecule has 0 saturated heterocycles. The molecule has 0 unspecified atom stereocenters. The molecule has 0 amide bonds. The molecule has 0 radical (unpaired) electrons. The number of hydrogen-bond donors (Lipinski definition) is 2. The van der Waals surface area contributed by atoms with Crippen LogP contribution in [0.15, 0.2) is 76.6 Å². The molecule has 4 rings (SSSR count). The zero-order valence-electron chi connectivity index (χ0n) is 17.4. The van der Waals surface area contributed by atoms with Gasteiger partial charge in [-0.05, 0) is 86.7 Å². The minimum absolute atomic E-state index is 0.0883. The Labute approximate surface area is 191 Å². The van der Waals surface area contributed by atoms with E-state index in [0.29, 0.717) is 33.3 Å². The third-order valence-electron chi connectivity index (χ3n) is 4.83. The Morgan fingerprint density at radius 2 is 1.72 bits per heavy atom. The lowest BCUT2D eigenvalue weighted by Crippen LogP contribution is -2.27. The Balaban J connectivity index is 1.49. The topological polar surface area (TPSA) is 88.0 Å². The molecule has 3 aromatic rings. The van der Waals surface area contributed by atoms with Crippen LogP contribution in [0.25, 0.3) is 6.08 Å². The van der Waals surface area contributed by atoms with E-state index < -0.39 is 15.6 Å². The summed E-state index contributed by atoms with van der Waals surface area (Å²) in [6, 6.07) is 16.0. The van der Waals surface area contributed by atoms with Crippen molar-refractivity contribution in [2.24, 2.45) is 4.99 Å². The maximum Gasteiger partial charge on any atom is 0.261 e. The van der Waals surface area contributed by atoms with Gasteiger partial charge in [0.2, 0.25) is 0 Å². The van der Waals surface area contributed by atoms with E-state index in [2.05, 4.69) is 9.71 Å². The number of halogens is 1. The first-order valence-corrected chi connectivity index (χ1v) is 11.7. The molecule has 0 bridgehead atoms. The van der Waals surface area contributed by atoms with Gasteiger partial charge in [-0.25, -0.2) is 8.42 Å². The molecule has 0 aliphatic carbocycles. The molecule has 2 N–H and O–H groups in total. The van der Waals surface area contributed by atoms with Gasteiger partial charge in [-0.1, -0.05) is 11.6 Å². The maximum atomic E-state index is 12.5. The quantitative estimate of drug-likeness (QED) is 0.464. The van der Waals surface area contributed by atoms with Crippen molar-refractivity contribution in [1.82, 2.24) is 0 Å². The van der Waals surface area contributed by atoms with Gasteiger partial charge in [0.25, 0.3) is 10.0 Å². The van der Waals surface area contributed by atoms with Gasteiger partial charge in [0.05, 0.1) is 16.1 Å². The van der Waals surface area contributed by atoms with Gasteiger partial charge in [0.1, 0.15) is 17.1 Å². The molecule has 1 heterocycles. The number of nitrogens with one attached hydrogen (secondary N) is 1. The Morgan fingerprint density at radius 3 is 2.41 bits per heavy atom. The number of hydrogen-bond acceptors (Lipinski definition) is 5. The van der Waals surface area contributed by atoms with E-state index in [1.165, 1.54) is 24.3 Å². The van der Waals surface area contributed by atoms with Gasteiger partial charge >= 0.3 is 0 Å². The first-order valence-electron chi connectivity index (χ1n) is 9.80. The van der Waals surface area contributed by atoms with E-state index in [4.69, 9.17) is 16.3 Å². The van der Waals surface area contributed by atoms with Crippen LogP contribution in [0.4, 0.5) is 11.4 Å². The van der Waals surface area contributed by atoms with E-state index in [0.717, 1.165) is 0 Å². The lowest BCUT2D eigenvalue weighted by atomic mass is 10.00. The second-order valence-corrected chi connectivity index (χ2v) is 9.94.